The Morgan fingerprint density at radius 3 is 1.25 bits per heavy atom. The van der Waals surface area contributed by atoms with Crippen LogP contribution in [-0.2, 0) is 4.74 Å². The summed E-state index contributed by atoms with van der Waals surface area (Å²) in [6, 6.07) is 0. The Labute approximate surface area is 81.4 Å². The highest BCUT2D eigenvalue weighted by atomic mass is 31.1. The average molecular weight is 208 g/mol. The van der Waals surface area contributed by atoms with Crippen LogP contribution in [0.1, 0.15) is 41.5 Å². The molecule has 2 unspecified atom stereocenters. The highest BCUT2D eigenvalue weighted by Gasteiger charge is 2.37. The topological polar surface area (TPSA) is 9.23 Å². The summed E-state index contributed by atoms with van der Waals surface area (Å²) in [6.45, 7) is 12.7. The van der Waals surface area contributed by atoms with E-state index in [4.69, 9.17) is 4.74 Å². The molecule has 0 saturated carbocycles. The molecule has 0 aliphatic carbocycles. The molecule has 2 atom stereocenters. The molecule has 0 amide bonds. The van der Waals surface area contributed by atoms with Crippen LogP contribution in [0.4, 0.5) is 0 Å². The predicted octanol–water partition coefficient (Wildman–Crippen LogP) is 3.25. The van der Waals surface area contributed by atoms with Crippen molar-refractivity contribution in [3.05, 3.63) is 0 Å². The molecule has 0 rings (SSSR count). The Kier molecular flexibility index (Phi) is 3.76. The van der Waals surface area contributed by atoms with E-state index in [0.29, 0.717) is 0 Å². The van der Waals surface area contributed by atoms with E-state index < -0.39 is 0 Å². The second kappa shape index (κ2) is 3.52. The molecule has 0 saturated heterocycles. The van der Waals surface area contributed by atoms with Crippen LogP contribution in [0.5, 0.6) is 0 Å². The van der Waals surface area contributed by atoms with Crippen LogP contribution in [0.2, 0.25) is 0 Å². The van der Waals surface area contributed by atoms with Gasteiger partial charge in [-0.05, 0) is 26.2 Å². The van der Waals surface area contributed by atoms with Gasteiger partial charge in [-0.25, -0.2) is 0 Å². The smallest absolute Gasteiger partial charge is 0.0993 e. The van der Waals surface area contributed by atoms with Gasteiger partial charge in [0.1, 0.15) is 0 Å². The van der Waals surface area contributed by atoms with Crippen LogP contribution in [0.15, 0.2) is 0 Å². The SMILES string of the molecule is CC(C)(C)OC(P)(P)C(C)(C)C. The van der Waals surface area contributed by atoms with Gasteiger partial charge in [-0.1, -0.05) is 39.3 Å². The van der Waals surface area contributed by atoms with E-state index in [1.165, 1.54) is 0 Å². The summed E-state index contributed by atoms with van der Waals surface area (Å²) in [6.07, 6.45) is 0. The third-order valence-electron chi connectivity index (χ3n) is 1.65. The van der Waals surface area contributed by atoms with Crippen molar-refractivity contribution in [2.24, 2.45) is 5.41 Å². The van der Waals surface area contributed by atoms with E-state index in [0.717, 1.165) is 0 Å². The minimum atomic E-state index is -0.245. The van der Waals surface area contributed by atoms with E-state index in [2.05, 4.69) is 60.0 Å². The lowest BCUT2D eigenvalue weighted by atomic mass is 9.97. The highest BCUT2D eigenvalue weighted by molar-refractivity contribution is 7.39. The molecule has 0 aliphatic heterocycles. The van der Waals surface area contributed by atoms with Crippen LogP contribution in [-0.4, -0.2) is 10.7 Å². The van der Waals surface area contributed by atoms with E-state index in [1.54, 1.807) is 0 Å². The summed E-state index contributed by atoms with van der Waals surface area (Å²) in [5.41, 5.74) is 0.00634. The molecule has 0 N–H and O–H groups in total. The van der Waals surface area contributed by atoms with Gasteiger partial charge in [-0.3, -0.25) is 0 Å². The van der Waals surface area contributed by atoms with Gasteiger partial charge in [0, 0.05) is 0 Å². The Morgan fingerprint density at radius 1 is 0.833 bits per heavy atom. The lowest BCUT2D eigenvalue weighted by molar-refractivity contribution is -0.0794. The first-order valence-electron chi connectivity index (χ1n) is 4.24. The molecular weight excluding hydrogens is 186 g/mol. The molecule has 0 aromatic carbocycles. The lowest BCUT2D eigenvalue weighted by Gasteiger charge is -2.42. The second-order valence-corrected chi connectivity index (χ2v) is 7.64. The Hall–Kier alpha value is 0.820. The first-order valence-corrected chi connectivity index (χ1v) is 5.39. The number of hydrogen-bond donors (Lipinski definition) is 0. The second-order valence-electron chi connectivity index (χ2n) is 5.26. The quantitative estimate of drug-likeness (QED) is 0.601. The zero-order valence-corrected chi connectivity index (χ0v) is 11.4. The van der Waals surface area contributed by atoms with Crippen molar-refractivity contribution in [1.82, 2.24) is 0 Å². The first-order chi connectivity index (χ1) is 4.96. The van der Waals surface area contributed by atoms with Crippen molar-refractivity contribution < 1.29 is 4.74 Å². The summed E-state index contributed by atoms with van der Waals surface area (Å²) >= 11 is 0. The fourth-order valence-corrected chi connectivity index (χ4v) is 1.37. The fraction of sp³-hybridized carbons (Fsp3) is 1.00. The molecule has 0 aromatic heterocycles. The average Bonchev–Trinajstić information content (AvgIpc) is 1.52. The van der Waals surface area contributed by atoms with Gasteiger partial charge in [0.15, 0.2) is 0 Å². The van der Waals surface area contributed by atoms with Crippen LogP contribution in [0, 0.1) is 5.41 Å². The summed E-state index contributed by atoms with van der Waals surface area (Å²) in [5, 5.41) is -0.245. The standard InChI is InChI=1S/C9H22OP2/c1-7(2,3)9(11,12)10-8(4,5)6/h11-12H2,1-6H3. The molecule has 3 heteroatoms. The number of hydrogen-bond acceptors (Lipinski definition) is 1. The molecule has 12 heavy (non-hydrogen) atoms. The van der Waals surface area contributed by atoms with Crippen LogP contribution in [0.25, 0.3) is 0 Å². The van der Waals surface area contributed by atoms with Gasteiger partial charge in [-0.2, -0.15) is 0 Å². The Morgan fingerprint density at radius 2 is 1.17 bits per heavy atom. The Balaban J connectivity index is 4.44. The molecule has 0 bridgehead atoms. The van der Waals surface area contributed by atoms with E-state index in [1.807, 2.05) is 0 Å². The molecule has 0 aromatic rings. The fourth-order valence-electron chi connectivity index (χ4n) is 0.660. The maximum Gasteiger partial charge on any atom is 0.0993 e. The molecule has 0 radical (unpaired) electrons. The normalized spacial score (nSPS) is 15.0. The lowest BCUT2D eigenvalue weighted by Crippen LogP contribution is -2.39. The molecular formula is C9H22OP2. The zero-order valence-electron chi connectivity index (χ0n) is 9.06. The van der Waals surface area contributed by atoms with Gasteiger partial charge in [0.2, 0.25) is 0 Å². The van der Waals surface area contributed by atoms with Crippen molar-refractivity contribution >= 4 is 18.5 Å². The van der Waals surface area contributed by atoms with Crippen LogP contribution in [0.3, 0.4) is 0 Å². The molecule has 0 fully saturated rings. The zero-order chi connectivity index (χ0) is 10.2. The maximum absolute atomic E-state index is 5.92. The molecule has 74 valence electrons. The van der Waals surface area contributed by atoms with Crippen molar-refractivity contribution in [3.63, 3.8) is 0 Å². The van der Waals surface area contributed by atoms with Crippen molar-refractivity contribution in [3.8, 4) is 0 Å². The Bertz CT molecular complexity index is 151. The summed E-state index contributed by atoms with van der Waals surface area (Å²) in [5.74, 6) is 0. The van der Waals surface area contributed by atoms with Crippen molar-refractivity contribution in [2.75, 3.05) is 0 Å². The maximum atomic E-state index is 5.92. The van der Waals surface area contributed by atoms with Gasteiger partial charge < -0.3 is 4.74 Å². The van der Waals surface area contributed by atoms with Crippen molar-refractivity contribution in [2.45, 2.75) is 52.2 Å². The largest absolute Gasteiger partial charge is 0.361 e. The van der Waals surface area contributed by atoms with E-state index in [9.17, 15) is 0 Å². The van der Waals surface area contributed by atoms with E-state index >= 15 is 0 Å². The summed E-state index contributed by atoms with van der Waals surface area (Å²) in [7, 11) is 5.53. The third kappa shape index (κ3) is 4.17. The van der Waals surface area contributed by atoms with Crippen LogP contribution >= 0.6 is 18.5 Å². The predicted molar refractivity (Wildman–Crippen MR) is 62.4 cm³/mol. The minimum Gasteiger partial charge on any atom is -0.361 e. The summed E-state index contributed by atoms with van der Waals surface area (Å²) < 4.78 is 5.92. The van der Waals surface area contributed by atoms with E-state index in [-0.39, 0.29) is 16.1 Å². The van der Waals surface area contributed by atoms with Crippen molar-refractivity contribution in [1.29, 1.82) is 0 Å². The molecule has 1 nitrogen and oxygen atoms in total. The number of ether oxygens (including phenoxy) is 1. The monoisotopic (exact) mass is 208 g/mol. The van der Waals surface area contributed by atoms with Gasteiger partial charge in [0.25, 0.3) is 0 Å². The summed E-state index contributed by atoms with van der Waals surface area (Å²) in [4.78, 5) is 0. The van der Waals surface area contributed by atoms with Gasteiger partial charge in [0.05, 0.1) is 10.7 Å². The molecule has 0 aliphatic rings. The highest BCUT2D eigenvalue weighted by Crippen LogP contribution is 2.47. The third-order valence-corrected chi connectivity index (χ3v) is 3.62. The van der Waals surface area contributed by atoms with Gasteiger partial charge >= 0.3 is 0 Å². The number of rotatable bonds is 1. The first kappa shape index (κ1) is 12.8. The molecule has 0 spiro atoms. The minimum absolute atomic E-state index is 0.100. The van der Waals surface area contributed by atoms with Gasteiger partial charge in [-0.15, -0.1) is 0 Å². The molecule has 0 heterocycles. The van der Waals surface area contributed by atoms with Crippen LogP contribution < -0.4 is 0 Å².